The normalized spacial score (nSPS) is 17.2. The summed E-state index contributed by atoms with van der Waals surface area (Å²) >= 11 is 0. The summed E-state index contributed by atoms with van der Waals surface area (Å²) in [6, 6.07) is 20.5. The van der Waals surface area contributed by atoms with Gasteiger partial charge in [0.05, 0.1) is 5.92 Å². The second-order valence-corrected chi connectivity index (χ2v) is 8.20. The zero-order chi connectivity index (χ0) is 24.3. The SMILES string of the molecule is CC(C)C(C(=O)OCc1cccc(Oc2ccccc2)c1)c1ccc2c(c1)OC(F)(F)C(F)O2. The minimum Gasteiger partial charge on any atom is -0.460 e. The highest BCUT2D eigenvalue weighted by Crippen LogP contribution is 2.42. The van der Waals surface area contributed by atoms with Crippen molar-refractivity contribution in [1.82, 2.24) is 0 Å². The summed E-state index contributed by atoms with van der Waals surface area (Å²) in [5.41, 5.74) is 1.12. The third-order valence-corrected chi connectivity index (χ3v) is 5.25. The molecule has 1 aliphatic heterocycles. The maximum absolute atomic E-state index is 13.6. The first-order valence-electron chi connectivity index (χ1n) is 10.7. The van der Waals surface area contributed by atoms with Crippen LogP contribution in [0.4, 0.5) is 13.2 Å². The molecular weight excluding hydrogens is 449 g/mol. The lowest BCUT2D eigenvalue weighted by molar-refractivity contribution is -0.281. The lowest BCUT2D eigenvalue weighted by Gasteiger charge is -2.29. The Hall–Kier alpha value is -3.68. The highest BCUT2D eigenvalue weighted by Gasteiger charge is 2.49. The second-order valence-electron chi connectivity index (χ2n) is 8.20. The Balaban J connectivity index is 1.46. The Morgan fingerprint density at radius 3 is 2.44 bits per heavy atom. The monoisotopic (exact) mass is 472 g/mol. The van der Waals surface area contributed by atoms with Crippen molar-refractivity contribution < 1.29 is 36.9 Å². The van der Waals surface area contributed by atoms with E-state index in [0.717, 1.165) is 5.56 Å². The van der Waals surface area contributed by atoms with Crippen LogP contribution >= 0.6 is 0 Å². The first kappa shape index (κ1) is 23.5. The van der Waals surface area contributed by atoms with Gasteiger partial charge in [0, 0.05) is 0 Å². The summed E-state index contributed by atoms with van der Waals surface area (Å²) in [5, 5.41) is 0. The van der Waals surface area contributed by atoms with Crippen LogP contribution in [0.2, 0.25) is 0 Å². The number of carbonyl (C=O) groups is 1. The molecule has 0 saturated carbocycles. The number of esters is 1. The summed E-state index contributed by atoms with van der Waals surface area (Å²) in [6.07, 6.45) is -7.02. The highest BCUT2D eigenvalue weighted by molar-refractivity contribution is 5.79. The van der Waals surface area contributed by atoms with Gasteiger partial charge in [-0.25, -0.2) is 0 Å². The van der Waals surface area contributed by atoms with Gasteiger partial charge in [0.15, 0.2) is 11.5 Å². The van der Waals surface area contributed by atoms with E-state index >= 15 is 0 Å². The van der Waals surface area contributed by atoms with E-state index in [9.17, 15) is 18.0 Å². The smallest absolute Gasteiger partial charge is 0.460 e. The standard InChI is InChI=1S/C26H23F3O5/c1-16(2)23(18-11-12-21-22(14-18)34-26(28,29)25(27)33-21)24(30)31-15-17-7-6-10-20(13-17)32-19-8-4-3-5-9-19/h3-14,16,23,25H,15H2,1-2H3. The molecule has 5 nitrogen and oxygen atoms in total. The van der Waals surface area contributed by atoms with Crippen LogP contribution in [0.25, 0.3) is 0 Å². The molecule has 4 rings (SSSR count). The molecule has 0 saturated heterocycles. The fourth-order valence-corrected chi connectivity index (χ4v) is 3.63. The lowest BCUT2D eigenvalue weighted by atomic mass is 9.88. The zero-order valence-electron chi connectivity index (χ0n) is 18.5. The maximum Gasteiger partial charge on any atom is 0.468 e. The largest absolute Gasteiger partial charge is 0.468 e. The van der Waals surface area contributed by atoms with Crippen LogP contribution in [0.1, 0.15) is 30.9 Å². The summed E-state index contributed by atoms with van der Waals surface area (Å²) in [6.45, 7) is 3.62. The molecular formula is C26H23F3O5. The molecule has 0 aromatic heterocycles. The Labute approximate surface area is 195 Å². The molecule has 0 bridgehead atoms. The molecule has 0 spiro atoms. The number of rotatable bonds is 7. The first-order chi connectivity index (χ1) is 16.2. The number of para-hydroxylation sites is 1. The Bertz CT molecular complexity index is 1150. The maximum atomic E-state index is 13.6. The van der Waals surface area contributed by atoms with Gasteiger partial charge in [-0.2, -0.15) is 13.2 Å². The predicted molar refractivity (Wildman–Crippen MR) is 118 cm³/mol. The zero-order valence-corrected chi connectivity index (χ0v) is 18.5. The Morgan fingerprint density at radius 2 is 1.71 bits per heavy atom. The van der Waals surface area contributed by atoms with Crippen molar-refractivity contribution in [3.8, 4) is 23.0 Å². The summed E-state index contributed by atoms with van der Waals surface area (Å²) in [4.78, 5) is 12.9. The van der Waals surface area contributed by atoms with Crippen LogP contribution in [0, 0.1) is 5.92 Å². The van der Waals surface area contributed by atoms with E-state index in [1.807, 2.05) is 44.2 Å². The number of fused-ring (bicyclic) bond motifs is 1. The molecule has 8 heteroatoms. The number of hydrogen-bond donors (Lipinski definition) is 0. The second kappa shape index (κ2) is 9.67. The van der Waals surface area contributed by atoms with Gasteiger partial charge in [0.1, 0.15) is 18.1 Å². The Morgan fingerprint density at radius 1 is 0.971 bits per heavy atom. The van der Waals surface area contributed by atoms with Crippen LogP contribution in [0.15, 0.2) is 72.8 Å². The number of hydrogen-bond acceptors (Lipinski definition) is 5. The van der Waals surface area contributed by atoms with Gasteiger partial charge >= 0.3 is 18.4 Å². The lowest BCUT2D eigenvalue weighted by Crippen LogP contribution is -2.43. The molecule has 1 aliphatic rings. The molecule has 178 valence electrons. The van der Waals surface area contributed by atoms with Crippen molar-refractivity contribution in [3.05, 3.63) is 83.9 Å². The molecule has 3 aromatic rings. The van der Waals surface area contributed by atoms with Crippen molar-refractivity contribution in [1.29, 1.82) is 0 Å². The van der Waals surface area contributed by atoms with Gasteiger partial charge in [-0.05, 0) is 53.4 Å². The third kappa shape index (κ3) is 5.27. The van der Waals surface area contributed by atoms with Crippen LogP contribution < -0.4 is 14.2 Å². The minimum absolute atomic E-state index is 0.000196. The molecule has 3 aromatic carbocycles. The average Bonchev–Trinajstić information content (AvgIpc) is 2.79. The van der Waals surface area contributed by atoms with Gasteiger partial charge < -0.3 is 18.9 Å². The third-order valence-electron chi connectivity index (χ3n) is 5.25. The summed E-state index contributed by atoms with van der Waals surface area (Å²) in [5.74, 6) is -0.712. The molecule has 2 atom stereocenters. The fourth-order valence-electron chi connectivity index (χ4n) is 3.63. The van der Waals surface area contributed by atoms with E-state index in [2.05, 4.69) is 9.47 Å². The van der Waals surface area contributed by atoms with Crippen LogP contribution in [-0.2, 0) is 16.1 Å². The number of benzene rings is 3. The van der Waals surface area contributed by atoms with Gasteiger partial charge in [-0.1, -0.05) is 50.2 Å². The molecule has 0 radical (unpaired) electrons. The van der Waals surface area contributed by atoms with Gasteiger partial charge in [0.2, 0.25) is 0 Å². The number of halogens is 3. The van der Waals surface area contributed by atoms with Gasteiger partial charge in [-0.15, -0.1) is 0 Å². The highest BCUT2D eigenvalue weighted by atomic mass is 19.3. The van der Waals surface area contributed by atoms with E-state index in [1.165, 1.54) is 18.2 Å². The number of carbonyl (C=O) groups excluding carboxylic acids is 1. The van der Waals surface area contributed by atoms with Crippen LogP contribution in [-0.4, -0.2) is 18.4 Å². The van der Waals surface area contributed by atoms with Gasteiger partial charge in [0.25, 0.3) is 0 Å². The summed E-state index contributed by atoms with van der Waals surface area (Å²) < 4.78 is 61.0. The van der Waals surface area contributed by atoms with Crippen LogP contribution in [0.3, 0.4) is 0 Å². The molecule has 2 unspecified atom stereocenters. The quantitative estimate of drug-likeness (QED) is 0.362. The topological polar surface area (TPSA) is 54.0 Å². The van der Waals surface area contributed by atoms with Crippen molar-refractivity contribution in [2.75, 3.05) is 0 Å². The summed E-state index contributed by atoms with van der Waals surface area (Å²) in [7, 11) is 0. The molecule has 0 aliphatic carbocycles. The van der Waals surface area contributed by atoms with Crippen molar-refractivity contribution in [2.24, 2.45) is 5.92 Å². The van der Waals surface area contributed by atoms with Crippen molar-refractivity contribution in [2.45, 2.75) is 38.8 Å². The van der Waals surface area contributed by atoms with Gasteiger partial charge in [-0.3, -0.25) is 4.79 Å². The number of ether oxygens (including phenoxy) is 4. The molecule has 0 fully saturated rings. The fraction of sp³-hybridized carbons (Fsp3) is 0.269. The van der Waals surface area contributed by atoms with E-state index in [0.29, 0.717) is 17.1 Å². The predicted octanol–water partition coefficient (Wildman–Crippen LogP) is 6.62. The van der Waals surface area contributed by atoms with E-state index in [1.54, 1.807) is 24.3 Å². The van der Waals surface area contributed by atoms with Crippen molar-refractivity contribution >= 4 is 5.97 Å². The van der Waals surface area contributed by atoms with E-state index < -0.39 is 24.4 Å². The Kier molecular flexibility index (Phi) is 6.68. The molecule has 34 heavy (non-hydrogen) atoms. The van der Waals surface area contributed by atoms with Crippen LogP contribution in [0.5, 0.6) is 23.0 Å². The molecule has 0 N–H and O–H groups in total. The molecule has 0 amide bonds. The minimum atomic E-state index is -4.12. The van der Waals surface area contributed by atoms with E-state index in [-0.39, 0.29) is 24.0 Å². The van der Waals surface area contributed by atoms with Crippen molar-refractivity contribution in [3.63, 3.8) is 0 Å². The molecule has 1 heterocycles. The first-order valence-corrected chi connectivity index (χ1v) is 10.7. The van der Waals surface area contributed by atoms with E-state index in [4.69, 9.17) is 9.47 Å². The number of alkyl halides is 3. The average molecular weight is 472 g/mol.